The maximum atomic E-state index is 13.0. The number of fused-ring (bicyclic) bond motifs is 1. The molecule has 0 spiro atoms. The number of aromatic amines is 1. The van der Waals surface area contributed by atoms with Gasteiger partial charge in [-0.05, 0) is 30.7 Å². The lowest BCUT2D eigenvalue weighted by molar-refractivity contribution is -0.142. The number of esters is 1. The Hall–Kier alpha value is -3.52. The highest BCUT2D eigenvalue weighted by atomic mass is 32.1. The van der Waals surface area contributed by atoms with Crippen LogP contribution in [0.3, 0.4) is 0 Å². The first-order valence-corrected chi connectivity index (χ1v) is 10.2. The number of hydrogen-bond donors (Lipinski definition) is 2. The summed E-state index contributed by atoms with van der Waals surface area (Å²) in [7, 11) is 1.31. The van der Waals surface area contributed by atoms with Gasteiger partial charge in [0, 0.05) is 29.7 Å². The van der Waals surface area contributed by atoms with E-state index in [1.54, 1.807) is 13.1 Å². The Kier molecular flexibility index (Phi) is 5.58. The number of aromatic nitrogens is 3. The van der Waals surface area contributed by atoms with Crippen molar-refractivity contribution < 1.29 is 14.3 Å². The van der Waals surface area contributed by atoms with Crippen LogP contribution in [0.25, 0.3) is 21.6 Å². The number of carbonyl (C=O) groups excluding carboxylic acids is 2. The first kappa shape index (κ1) is 19.8. The summed E-state index contributed by atoms with van der Waals surface area (Å²) < 4.78 is 4.93. The molecule has 4 aromatic rings. The molecule has 0 bridgehead atoms. The highest BCUT2D eigenvalue weighted by molar-refractivity contribution is 7.17. The monoisotopic (exact) mass is 420 g/mol. The number of nitrogens with zero attached hydrogens (tertiary/aromatic N) is 2. The van der Waals surface area contributed by atoms with Crippen molar-refractivity contribution in [2.75, 3.05) is 7.11 Å². The predicted octanol–water partition coefficient (Wildman–Crippen LogP) is 3.51. The van der Waals surface area contributed by atoms with E-state index in [2.05, 4.69) is 20.3 Å². The van der Waals surface area contributed by atoms with Gasteiger partial charge < -0.3 is 15.0 Å². The van der Waals surface area contributed by atoms with Crippen molar-refractivity contribution in [2.45, 2.75) is 19.4 Å². The minimum absolute atomic E-state index is 0.313. The highest BCUT2D eigenvalue weighted by Crippen LogP contribution is 2.26. The lowest BCUT2D eigenvalue weighted by atomic mass is 10.0. The summed E-state index contributed by atoms with van der Waals surface area (Å²) in [5.74, 6) is -0.858. The second kappa shape index (κ2) is 8.46. The summed E-state index contributed by atoms with van der Waals surface area (Å²) in [4.78, 5) is 37.7. The van der Waals surface area contributed by atoms with E-state index >= 15 is 0 Å². The third-order valence-corrected chi connectivity index (χ3v) is 5.96. The lowest BCUT2D eigenvalue weighted by Gasteiger charge is -2.16. The molecule has 0 fully saturated rings. The number of hydrogen-bond acceptors (Lipinski definition) is 6. The third kappa shape index (κ3) is 3.95. The van der Waals surface area contributed by atoms with Gasteiger partial charge in [0.1, 0.15) is 15.9 Å². The molecule has 0 saturated carbocycles. The number of methoxy groups -OCH3 is 1. The number of para-hydroxylation sites is 1. The number of H-pyrrole nitrogens is 1. The standard InChI is InChI=1S/C22H20N4O3S/c1-13-19(30-21(25-13)17-9-5-6-10-23-17)20(27)26-18(22(28)29-2)11-14-12-24-16-8-4-3-7-15(14)16/h3-10,12,18,24H,11H2,1-2H3,(H,26,27). The van der Waals surface area contributed by atoms with Crippen LogP contribution in [-0.2, 0) is 16.0 Å². The summed E-state index contributed by atoms with van der Waals surface area (Å²) in [5, 5.41) is 4.48. The Bertz CT molecular complexity index is 1200. The number of thiazole rings is 1. The first-order chi connectivity index (χ1) is 14.6. The van der Waals surface area contributed by atoms with Crippen LogP contribution >= 0.6 is 11.3 Å². The number of rotatable bonds is 6. The van der Waals surface area contributed by atoms with Crippen molar-refractivity contribution in [2.24, 2.45) is 0 Å². The number of aryl methyl sites for hydroxylation is 1. The van der Waals surface area contributed by atoms with Gasteiger partial charge in [-0.1, -0.05) is 24.3 Å². The van der Waals surface area contributed by atoms with Crippen LogP contribution in [-0.4, -0.2) is 40.0 Å². The Labute approximate surface area is 177 Å². The fourth-order valence-electron chi connectivity index (χ4n) is 3.29. The van der Waals surface area contributed by atoms with Crippen molar-refractivity contribution in [1.82, 2.24) is 20.3 Å². The molecule has 3 heterocycles. The molecule has 3 aromatic heterocycles. The molecule has 0 aliphatic rings. The quantitative estimate of drug-likeness (QED) is 0.465. The van der Waals surface area contributed by atoms with Crippen LogP contribution in [0.4, 0.5) is 0 Å². The van der Waals surface area contributed by atoms with Gasteiger partial charge in [0.05, 0.1) is 18.5 Å². The summed E-state index contributed by atoms with van der Waals surface area (Å²) in [6.45, 7) is 1.77. The van der Waals surface area contributed by atoms with Crippen LogP contribution < -0.4 is 5.32 Å². The largest absolute Gasteiger partial charge is 0.467 e. The highest BCUT2D eigenvalue weighted by Gasteiger charge is 2.26. The van der Waals surface area contributed by atoms with Crippen LogP contribution in [0.2, 0.25) is 0 Å². The fourth-order valence-corrected chi connectivity index (χ4v) is 4.23. The van der Waals surface area contributed by atoms with Gasteiger partial charge in [0.15, 0.2) is 0 Å². The molecule has 0 saturated heterocycles. The molecular formula is C22H20N4O3S. The number of nitrogens with one attached hydrogen (secondary N) is 2. The average molecular weight is 420 g/mol. The van der Waals surface area contributed by atoms with E-state index in [-0.39, 0.29) is 5.91 Å². The van der Waals surface area contributed by atoms with Gasteiger partial charge in [-0.3, -0.25) is 9.78 Å². The minimum atomic E-state index is -0.818. The minimum Gasteiger partial charge on any atom is -0.467 e. The SMILES string of the molecule is COC(=O)C(Cc1c[nH]c2ccccc12)NC(=O)c1sc(-c2ccccn2)nc1C. The first-order valence-electron chi connectivity index (χ1n) is 9.39. The molecule has 0 radical (unpaired) electrons. The topological polar surface area (TPSA) is 97.0 Å². The smallest absolute Gasteiger partial charge is 0.328 e. The van der Waals surface area contributed by atoms with Crippen molar-refractivity contribution >= 4 is 34.1 Å². The Morgan fingerprint density at radius 3 is 2.77 bits per heavy atom. The number of amides is 1. The number of pyridine rings is 1. The fraction of sp³-hybridized carbons (Fsp3) is 0.182. The molecule has 4 rings (SSSR count). The summed E-state index contributed by atoms with van der Waals surface area (Å²) in [5.41, 5.74) is 3.19. The summed E-state index contributed by atoms with van der Waals surface area (Å²) in [6.07, 6.45) is 3.84. The average Bonchev–Trinajstić information content (AvgIpc) is 3.37. The van der Waals surface area contributed by atoms with Crippen LogP contribution in [0.5, 0.6) is 0 Å². The van der Waals surface area contributed by atoms with E-state index in [0.29, 0.717) is 27.7 Å². The van der Waals surface area contributed by atoms with E-state index in [0.717, 1.165) is 16.5 Å². The molecule has 7 nitrogen and oxygen atoms in total. The molecule has 0 aliphatic heterocycles. The second-order valence-electron chi connectivity index (χ2n) is 6.76. The maximum absolute atomic E-state index is 13.0. The number of ether oxygens (including phenoxy) is 1. The van der Waals surface area contributed by atoms with Gasteiger partial charge in [-0.2, -0.15) is 0 Å². The normalized spacial score (nSPS) is 11.9. The molecular weight excluding hydrogens is 400 g/mol. The van der Waals surface area contributed by atoms with Crippen LogP contribution in [0, 0.1) is 6.92 Å². The number of carbonyl (C=O) groups is 2. The third-order valence-electron chi connectivity index (χ3n) is 4.78. The van der Waals surface area contributed by atoms with Crippen molar-refractivity contribution in [3.8, 4) is 10.7 Å². The van der Waals surface area contributed by atoms with E-state index in [4.69, 9.17) is 4.74 Å². The molecule has 1 atom stereocenters. The van der Waals surface area contributed by atoms with Gasteiger partial charge in [0.25, 0.3) is 5.91 Å². The molecule has 152 valence electrons. The summed E-state index contributed by atoms with van der Waals surface area (Å²) in [6, 6.07) is 12.5. The Morgan fingerprint density at radius 2 is 2.00 bits per heavy atom. The molecule has 2 N–H and O–H groups in total. The Morgan fingerprint density at radius 1 is 1.20 bits per heavy atom. The maximum Gasteiger partial charge on any atom is 0.328 e. The molecule has 8 heteroatoms. The molecule has 1 amide bonds. The Balaban J connectivity index is 1.57. The van der Waals surface area contributed by atoms with Crippen LogP contribution in [0.15, 0.2) is 54.9 Å². The van der Waals surface area contributed by atoms with Crippen molar-refractivity contribution in [1.29, 1.82) is 0 Å². The van der Waals surface area contributed by atoms with Gasteiger partial charge in [0.2, 0.25) is 0 Å². The second-order valence-corrected chi connectivity index (χ2v) is 7.76. The molecule has 1 unspecified atom stereocenters. The van der Waals surface area contributed by atoms with E-state index < -0.39 is 12.0 Å². The zero-order valence-electron chi connectivity index (χ0n) is 16.5. The predicted molar refractivity (Wildman–Crippen MR) is 115 cm³/mol. The zero-order valence-corrected chi connectivity index (χ0v) is 17.3. The summed E-state index contributed by atoms with van der Waals surface area (Å²) >= 11 is 1.25. The van der Waals surface area contributed by atoms with E-state index in [1.165, 1.54) is 18.4 Å². The van der Waals surface area contributed by atoms with Crippen LogP contribution in [0.1, 0.15) is 20.9 Å². The van der Waals surface area contributed by atoms with E-state index in [1.807, 2.05) is 48.7 Å². The van der Waals surface area contributed by atoms with Gasteiger partial charge in [-0.25, -0.2) is 9.78 Å². The van der Waals surface area contributed by atoms with Crippen molar-refractivity contribution in [3.63, 3.8) is 0 Å². The van der Waals surface area contributed by atoms with E-state index in [9.17, 15) is 9.59 Å². The molecule has 30 heavy (non-hydrogen) atoms. The molecule has 1 aromatic carbocycles. The zero-order chi connectivity index (χ0) is 21.1. The van der Waals surface area contributed by atoms with Gasteiger partial charge >= 0.3 is 5.97 Å². The van der Waals surface area contributed by atoms with Crippen molar-refractivity contribution in [3.05, 3.63) is 71.0 Å². The lowest BCUT2D eigenvalue weighted by Crippen LogP contribution is -2.43. The van der Waals surface area contributed by atoms with Gasteiger partial charge in [-0.15, -0.1) is 11.3 Å². The number of benzene rings is 1. The molecule has 0 aliphatic carbocycles.